The molecule has 3 aromatic carbocycles. The summed E-state index contributed by atoms with van der Waals surface area (Å²) in [6, 6.07) is 18.0. The van der Waals surface area contributed by atoms with Gasteiger partial charge in [0.2, 0.25) is 9.84 Å². The van der Waals surface area contributed by atoms with E-state index in [-0.39, 0.29) is 32.0 Å². The highest BCUT2D eigenvalue weighted by Crippen LogP contribution is 2.38. The van der Waals surface area contributed by atoms with Gasteiger partial charge in [0.15, 0.2) is 0 Å². The van der Waals surface area contributed by atoms with E-state index in [2.05, 4.69) is 4.72 Å². The summed E-state index contributed by atoms with van der Waals surface area (Å²) in [5, 5.41) is 10.6. The van der Waals surface area contributed by atoms with Gasteiger partial charge in [-0.1, -0.05) is 50.2 Å². The van der Waals surface area contributed by atoms with Crippen molar-refractivity contribution in [3.05, 3.63) is 78.4 Å². The molecule has 0 saturated carbocycles. The quantitative estimate of drug-likeness (QED) is 0.571. The number of sulfone groups is 1. The Bertz CT molecular complexity index is 1220. The Balaban J connectivity index is 2.16. The summed E-state index contributed by atoms with van der Waals surface area (Å²) < 4.78 is 53.9. The predicted molar refractivity (Wildman–Crippen MR) is 111 cm³/mol. The standard InChI is InChI=1S/C21H21NO5S2/c1-15(2)19-13-16(22-29(26,27)18-11-7-4-8-12-18)14-20(21(19)23)28(24,25)17-9-5-3-6-10-17/h3-15,22-23H,1-2H3. The highest BCUT2D eigenvalue weighted by molar-refractivity contribution is 7.92. The fourth-order valence-electron chi connectivity index (χ4n) is 2.87. The first-order valence-corrected chi connectivity index (χ1v) is 11.8. The number of nitrogens with one attached hydrogen (secondary N) is 1. The van der Waals surface area contributed by atoms with Crippen molar-refractivity contribution in [2.75, 3.05) is 4.72 Å². The van der Waals surface area contributed by atoms with Crippen LogP contribution in [0.2, 0.25) is 0 Å². The molecule has 0 aliphatic rings. The zero-order valence-electron chi connectivity index (χ0n) is 15.9. The van der Waals surface area contributed by atoms with Crippen LogP contribution in [0.5, 0.6) is 5.75 Å². The van der Waals surface area contributed by atoms with E-state index in [0.29, 0.717) is 5.56 Å². The average molecular weight is 432 g/mol. The van der Waals surface area contributed by atoms with E-state index in [4.69, 9.17) is 0 Å². The number of benzene rings is 3. The number of rotatable bonds is 6. The minimum Gasteiger partial charge on any atom is -0.506 e. The maximum atomic E-state index is 13.1. The molecule has 3 rings (SSSR count). The first-order valence-electron chi connectivity index (χ1n) is 8.88. The van der Waals surface area contributed by atoms with Crippen molar-refractivity contribution in [3.63, 3.8) is 0 Å². The molecule has 0 aliphatic heterocycles. The van der Waals surface area contributed by atoms with Gasteiger partial charge in [-0.25, -0.2) is 16.8 Å². The molecule has 0 amide bonds. The summed E-state index contributed by atoms with van der Waals surface area (Å²) >= 11 is 0. The minimum atomic E-state index is -4.05. The molecular formula is C21H21NO5S2. The Hall–Kier alpha value is -2.84. The number of hydrogen-bond donors (Lipinski definition) is 2. The lowest BCUT2D eigenvalue weighted by Crippen LogP contribution is -2.14. The van der Waals surface area contributed by atoms with Gasteiger partial charge in [-0.05, 0) is 47.9 Å². The molecule has 8 heteroatoms. The Labute approximate surface area is 170 Å². The fraction of sp³-hybridized carbons (Fsp3) is 0.143. The van der Waals surface area contributed by atoms with Gasteiger partial charge in [0, 0.05) is 0 Å². The summed E-state index contributed by atoms with van der Waals surface area (Å²) in [6.07, 6.45) is 0. The van der Waals surface area contributed by atoms with Crippen LogP contribution in [-0.4, -0.2) is 21.9 Å². The SMILES string of the molecule is CC(C)c1cc(NS(=O)(=O)c2ccccc2)cc(S(=O)(=O)c2ccccc2)c1O. The fourth-order valence-corrected chi connectivity index (χ4v) is 5.36. The van der Waals surface area contributed by atoms with E-state index in [1.807, 2.05) is 0 Å². The maximum absolute atomic E-state index is 13.1. The van der Waals surface area contributed by atoms with Crippen LogP contribution in [0.3, 0.4) is 0 Å². The molecule has 6 nitrogen and oxygen atoms in total. The van der Waals surface area contributed by atoms with Gasteiger partial charge in [0.1, 0.15) is 10.6 Å². The second kappa shape index (κ2) is 7.88. The van der Waals surface area contributed by atoms with Gasteiger partial charge in [-0.3, -0.25) is 4.72 Å². The molecule has 0 radical (unpaired) electrons. The zero-order valence-corrected chi connectivity index (χ0v) is 17.5. The van der Waals surface area contributed by atoms with Crippen LogP contribution in [0.4, 0.5) is 5.69 Å². The zero-order chi connectivity index (χ0) is 21.2. The highest BCUT2D eigenvalue weighted by atomic mass is 32.2. The van der Waals surface area contributed by atoms with Crippen molar-refractivity contribution in [1.29, 1.82) is 0 Å². The summed E-state index contributed by atoms with van der Waals surface area (Å²) in [6.45, 7) is 3.56. The summed E-state index contributed by atoms with van der Waals surface area (Å²) in [5.41, 5.74) is 0.387. The second-order valence-electron chi connectivity index (χ2n) is 6.80. The van der Waals surface area contributed by atoms with E-state index in [1.54, 1.807) is 50.2 Å². The number of aromatic hydroxyl groups is 1. The predicted octanol–water partition coefficient (Wildman–Crippen LogP) is 4.15. The van der Waals surface area contributed by atoms with Crippen LogP contribution in [0.15, 0.2) is 87.5 Å². The maximum Gasteiger partial charge on any atom is 0.261 e. The van der Waals surface area contributed by atoms with Gasteiger partial charge in [-0.2, -0.15) is 0 Å². The monoisotopic (exact) mass is 431 g/mol. The van der Waals surface area contributed by atoms with Crippen molar-refractivity contribution >= 4 is 25.5 Å². The van der Waals surface area contributed by atoms with Crippen LogP contribution in [0.1, 0.15) is 25.3 Å². The number of hydrogen-bond acceptors (Lipinski definition) is 5. The molecular weight excluding hydrogens is 410 g/mol. The van der Waals surface area contributed by atoms with Gasteiger partial charge >= 0.3 is 0 Å². The van der Waals surface area contributed by atoms with Crippen molar-refractivity contribution in [3.8, 4) is 5.75 Å². The van der Waals surface area contributed by atoms with Gasteiger partial charge in [-0.15, -0.1) is 0 Å². The van der Waals surface area contributed by atoms with Crippen LogP contribution in [-0.2, 0) is 19.9 Å². The molecule has 3 aromatic rings. The Kier molecular flexibility index (Phi) is 5.68. The van der Waals surface area contributed by atoms with Gasteiger partial charge < -0.3 is 5.11 Å². The molecule has 0 heterocycles. The Morgan fingerprint density at radius 1 is 0.793 bits per heavy atom. The first kappa shape index (κ1) is 20.9. The van der Waals surface area contributed by atoms with Gasteiger partial charge in [0.25, 0.3) is 10.0 Å². The third kappa shape index (κ3) is 4.28. The second-order valence-corrected chi connectivity index (χ2v) is 10.4. The molecule has 0 aromatic heterocycles. The number of phenolic OH excluding ortho intramolecular Hbond substituents is 1. The summed E-state index contributed by atoms with van der Waals surface area (Å²) in [5.74, 6) is -0.618. The highest BCUT2D eigenvalue weighted by Gasteiger charge is 2.26. The van der Waals surface area contributed by atoms with E-state index in [0.717, 1.165) is 6.07 Å². The van der Waals surface area contributed by atoms with E-state index in [1.165, 1.54) is 30.3 Å². The van der Waals surface area contributed by atoms with E-state index >= 15 is 0 Å². The van der Waals surface area contributed by atoms with Crippen molar-refractivity contribution < 1.29 is 21.9 Å². The van der Waals surface area contributed by atoms with Crippen molar-refractivity contribution in [1.82, 2.24) is 0 Å². The Morgan fingerprint density at radius 3 is 1.83 bits per heavy atom. The number of sulfonamides is 1. The third-order valence-electron chi connectivity index (χ3n) is 4.38. The minimum absolute atomic E-state index is 0.00747. The average Bonchev–Trinajstić information content (AvgIpc) is 2.70. The molecule has 0 fully saturated rings. The van der Waals surface area contributed by atoms with Crippen LogP contribution < -0.4 is 4.72 Å². The molecule has 0 spiro atoms. The molecule has 0 saturated heterocycles. The van der Waals surface area contributed by atoms with E-state index in [9.17, 15) is 21.9 Å². The van der Waals surface area contributed by atoms with E-state index < -0.39 is 19.9 Å². The smallest absolute Gasteiger partial charge is 0.261 e. The molecule has 2 N–H and O–H groups in total. The molecule has 0 atom stereocenters. The molecule has 152 valence electrons. The van der Waals surface area contributed by atoms with Crippen molar-refractivity contribution in [2.24, 2.45) is 0 Å². The van der Waals surface area contributed by atoms with Crippen LogP contribution in [0.25, 0.3) is 0 Å². The topological polar surface area (TPSA) is 101 Å². The lowest BCUT2D eigenvalue weighted by atomic mass is 10.0. The normalized spacial score (nSPS) is 12.1. The molecule has 29 heavy (non-hydrogen) atoms. The first-order chi connectivity index (χ1) is 13.6. The van der Waals surface area contributed by atoms with Gasteiger partial charge in [0.05, 0.1) is 15.5 Å². The molecule has 0 aliphatic carbocycles. The lowest BCUT2D eigenvalue weighted by molar-refractivity contribution is 0.448. The van der Waals surface area contributed by atoms with Crippen LogP contribution >= 0.6 is 0 Å². The lowest BCUT2D eigenvalue weighted by Gasteiger charge is -2.17. The number of phenols is 1. The summed E-state index contributed by atoms with van der Waals surface area (Å²) in [4.78, 5) is -0.291. The van der Waals surface area contributed by atoms with Crippen molar-refractivity contribution in [2.45, 2.75) is 34.5 Å². The third-order valence-corrected chi connectivity index (χ3v) is 7.56. The largest absolute Gasteiger partial charge is 0.506 e. The Morgan fingerprint density at radius 2 is 1.31 bits per heavy atom. The molecule has 0 unspecified atom stereocenters. The van der Waals surface area contributed by atoms with Crippen LogP contribution in [0, 0.1) is 0 Å². The summed E-state index contributed by atoms with van der Waals surface area (Å²) in [7, 11) is -7.98. The number of anilines is 1. The molecule has 0 bridgehead atoms.